The van der Waals surface area contributed by atoms with Crippen LogP contribution in [0.3, 0.4) is 0 Å². The van der Waals surface area contributed by atoms with Crippen LogP contribution in [0.5, 0.6) is 0 Å². The molecule has 0 spiro atoms. The molecular formula is C19H26N2O2. The molecule has 1 unspecified atom stereocenters. The number of allylic oxidation sites excluding steroid dienone is 1. The first kappa shape index (κ1) is 17.4. The van der Waals surface area contributed by atoms with Gasteiger partial charge in [-0.3, -0.25) is 9.59 Å². The number of carbonyl (C=O) groups is 2. The molecule has 2 rings (SSSR count). The Kier molecular flexibility index (Phi) is 5.72. The highest BCUT2D eigenvalue weighted by molar-refractivity contribution is 6.53. The van der Waals surface area contributed by atoms with Crippen LogP contribution < -0.4 is 5.32 Å². The minimum atomic E-state index is -0.441. The quantitative estimate of drug-likeness (QED) is 0.849. The highest BCUT2D eigenvalue weighted by atomic mass is 16.2. The fourth-order valence-corrected chi connectivity index (χ4v) is 2.95. The second-order valence-electron chi connectivity index (χ2n) is 6.37. The Labute approximate surface area is 138 Å². The van der Waals surface area contributed by atoms with Crippen molar-refractivity contribution >= 4 is 17.3 Å². The van der Waals surface area contributed by atoms with Crippen molar-refractivity contribution in [3.8, 4) is 0 Å². The highest BCUT2D eigenvalue weighted by Gasteiger charge is 2.29. The molecule has 0 heterocycles. The molecule has 4 nitrogen and oxygen atoms in total. The molecular weight excluding hydrogens is 288 g/mol. The van der Waals surface area contributed by atoms with Gasteiger partial charge >= 0.3 is 0 Å². The minimum absolute atomic E-state index is 0.366. The third kappa shape index (κ3) is 3.70. The number of nitrogens with one attached hydrogen (secondary N) is 1. The number of ketones is 1. The number of amides is 1. The fraction of sp³-hybridized carbons (Fsp3) is 0.474. The van der Waals surface area contributed by atoms with Crippen molar-refractivity contribution in [1.82, 2.24) is 10.2 Å². The van der Waals surface area contributed by atoms with Gasteiger partial charge in [-0.1, -0.05) is 44.2 Å². The van der Waals surface area contributed by atoms with Crippen molar-refractivity contribution < 1.29 is 9.59 Å². The van der Waals surface area contributed by atoms with Gasteiger partial charge in [0.2, 0.25) is 0 Å². The summed E-state index contributed by atoms with van der Waals surface area (Å²) in [6, 6.07) is 7.95. The van der Waals surface area contributed by atoms with E-state index in [1.807, 2.05) is 31.3 Å². The van der Waals surface area contributed by atoms with E-state index < -0.39 is 11.7 Å². The summed E-state index contributed by atoms with van der Waals surface area (Å²) in [7, 11) is 3.50. The predicted molar refractivity (Wildman–Crippen MR) is 93.2 cm³/mol. The van der Waals surface area contributed by atoms with E-state index in [-0.39, 0.29) is 0 Å². The number of hydrogen-bond acceptors (Lipinski definition) is 3. The Balaban J connectivity index is 2.32. The van der Waals surface area contributed by atoms with Crippen LogP contribution >= 0.6 is 0 Å². The van der Waals surface area contributed by atoms with Crippen molar-refractivity contribution in [2.75, 3.05) is 27.2 Å². The number of benzene rings is 1. The van der Waals surface area contributed by atoms with Crippen molar-refractivity contribution in [3.05, 3.63) is 41.5 Å². The molecule has 0 aromatic heterocycles. The first-order valence-corrected chi connectivity index (χ1v) is 8.21. The minimum Gasteiger partial charge on any atom is -0.338 e. The summed E-state index contributed by atoms with van der Waals surface area (Å²) in [5.41, 5.74) is 2.62. The van der Waals surface area contributed by atoms with Crippen LogP contribution in [0.25, 0.3) is 5.57 Å². The second-order valence-corrected chi connectivity index (χ2v) is 6.37. The Hall–Kier alpha value is -1.94. The molecule has 23 heavy (non-hydrogen) atoms. The van der Waals surface area contributed by atoms with Crippen LogP contribution in [0.2, 0.25) is 0 Å². The van der Waals surface area contributed by atoms with E-state index in [1.165, 1.54) is 4.90 Å². The molecule has 1 aromatic rings. The summed E-state index contributed by atoms with van der Waals surface area (Å²) in [4.78, 5) is 26.7. The largest absolute Gasteiger partial charge is 0.338 e. The van der Waals surface area contributed by atoms with Crippen LogP contribution in [-0.4, -0.2) is 43.8 Å². The number of fused-ring (bicyclic) bond motifs is 1. The van der Waals surface area contributed by atoms with Gasteiger partial charge in [0.1, 0.15) is 0 Å². The van der Waals surface area contributed by atoms with Gasteiger partial charge < -0.3 is 10.2 Å². The lowest BCUT2D eigenvalue weighted by Gasteiger charge is -2.20. The second kappa shape index (κ2) is 7.55. The molecule has 1 aliphatic rings. The van der Waals surface area contributed by atoms with Crippen molar-refractivity contribution in [1.29, 1.82) is 0 Å². The van der Waals surface area contributed by atoms with Gasteiger partial charge in [-0.05, 0) is 36.4 Å². The van der Waals surface area contributed by atoms with E-state index in [1.54, 1.807) is 7.05 Å². The third-order valence-corrected chi connectivity index (χ3v) is 4.77. The van der Waals surface area contributed by atoms with Gasteiger partial charge in [-0.15, -0.1) is 0 Å². The fourth-order valence-electron chi connectivity index (χ4n) is 2.95. The molecule has 1 amide bonds. The summed E-state index contributed by atoms with van der Waals surface area (Å²) < 4.78 is 0. The Morgan fingerprint density at radius 1 is 1.26 bits per heavy atom. The van der Waals surface area contributed by atoms with Crippen molar-refractivity contribution in [3.63, 3.8) is 0 Å². The molecule has 1 N–H and O–H groups in total. The van der Waals surface area contributed by atoms with E-state index in [0.717, 1.165) is 17.5 Å². The molecule has 1 aromatic carbocycles. The zero-order valence-electron chi connectivity index (χ0n) is 14.4. The Morgan fingerprint density at radius 3 is 2.65 bits per heavy atom. The van der Waals surface area contributed by atoms with Gasteiger partial charge in [-0.2, -0.15) is 0 Å². The summed E-state index contributed by atoms with van der Waals surface area (Å²) in [6.45, 7) is 5.56. The van der Waals surface area contributed by atoms with Crippen molar-refractivity contribution in [2.45, 2.75) is 26.2 Å². The number of carbonyl (C=O) groups excluding carboxylic acids is 2. The van der Waals surface area contributed by atoms with Gasteiger partial charge in [0.25, 0.3) is 11.7 Å². The Morgan fingerprint density at radius 2 is 1.96 bits per heavy atom. The normalized spacial score (nSPS) is 20.3. The zero-order chi connectivity index (χ0) is 17.0. The number of Topliss-reactive ketones (excluding diaryl/α,β-unsaturated/α-hetero) is 1. The average molecular weight is 314 g/mol. The van der Waals surface area contributed by atoms with E-state index in [0.29, 0.717) is 30.5 Å². The SMILES string of the molecule is CNCCN(C)C(=O)C(=O)C1=CCC(C)[C@H](C)c2ccccc21. The monoisotopic (exact) mass is 314 g/mol. The molecule has 0 aliphatic heterocycles. The van der Waals surface area contributed by atoms with Crippen LogP contribution in [0.15, 0.2) is 30.3 Å². The number of likely N-dealkylation sites (N-methyl/N-ethyl adjacent to an activating group) is 2. The van der Waals surface area contributed by atoms with Gasteiger partial charge in [0.05, 0.1) is 0 Å². The molecule has 124 valence electrons. The van der Waals surface area contributed by atoms with Crippen LogP contribution in [0, 0.1) is 5.92 Å². The topological polar surface area (TPSA) is 49.4 Å². The highest BCUT2D eigenvalue weighted by Crippen LogP contribution is 2.36. The lowest BCUT2D eigenvalue weighted by Crippen LogP contribution is -2.37. The van der Waals surface area contributed by atoms with Gasteiger partial charge in [-0.25, -0.2) is 0 Å². The zero-order valence-corrected chi connectivity index (χ0v) is 14.4. The number of hydrogen-bond donors (Lipinski definition) is 1. The smallest absolute Gasteiger partial charge is 0.294 e. The first-order chi connectivity index (χ1) is 11.0. The molecule has 0 saturated carbocycles. The molecule has 0 radical (unpaired) electrons. The molecule has 0 saturated heterocycles. The summed E-state index contributed by atoms with van der Waals surface area (Å²) in [6.07, 6.45) is 2.75. The van der Waals surface area contributed by atoms with E-state index >= 15 is 0 Å². The maximum Gasteiger partial charge on any atom is 0.294 e. The summed E-state index contributed by atoms with van der Waals surface area (Å²) >= 11 is 0. The maximum atomic E-state index is 12.8. The van der Waals surface area contributed by atoms with Gasteiger partial charge in [0.15, 0.2) is 0 Å². The van der Waals surface area contributed by atoms with Crippen molar-refractivity contribution in [2.24, 2.45) is 5.92 Å². The molecule has 0 bridgehead atoms. The summed E-state index contributed by atoms with van der Waals surface area (Å²) in [5, 5.41) is 2.99. The summed E-state index contributed by atoms with van der Waals surface area (Å²) in [5.74, 6) is -0.0377. The maximum absolute atomic E-state index is 12.8. The van der Waals surface area contributed by atoms with E-state index in [4.69, 9.17) is 0 Å². The number of nitrogens with zero attached hydrogens (tertiary/aromatic N) is 1. The molecule has 1 aliphatic carbocycles. The lowest BCUT2D eigenvalue weighted by atomic mass is 9.86. The average Bonchev–Trinajstić information content (AvgIpc) is 2.69. The third-order valence-electron chi connectivity index (χ3n) is 4.77. The van der Waals surface area contributed by atoms with E-state index in [2.05, 4.69) is 25.2 Å². The van der Waals surface area contributed by atoms with Crippen LogP contribution in [0.1, 0.15) is 37.3 Å². The molecule has 2 atom stereocenters. The number of rotatable bonds is 5. The molecule has 4 heteroatoms. The predicted octanol–water partition coefficient (Wildman–Crippen LogP) is 2.46. The standard InChI is InChI=1S/C19H26N2O2/c1-13-9-10-17(16-8-6-5-7-15(16)14(13)2)18(22)19(23)21(4)12-11-20-3/h5-8,10,13-14,20H,9,11-12H2,1-4H3/t13?,14-/m0/s1. The molecule has 0 fully saturated rings. The first-order valence-electron chi connectivity index (χ1n) is 8.21. The van der Waals surface area contributed by atoms with E-state index in [9.17, 15) is 9.59 Å². The van der Waals surface area contributed by atoms with Crippen LogP contribution in [-0.2, 0) is 9.59 Å². The lowest BCUT2D eigenvalue weighted by molar-refractivity contribution is -0.140. The van der Waals surface area contributed by atoms with Crippen LogP contribution in [0.4, 0.5) is 0 Å². The van der Waals surface area contributed by atoms with Gasteiger partial charge in [0, 0.05) is 25.7 Å². The Bertz CT molecular complexity index is 622.